The van der Waals surface area contributed by atoms with Crippen LogP contribution in [0.1, 0.15) is 36.6 Å². The number of ether oxygens (including phenoxy) is 3. The van der Waals surface area contributed by atoms with Gasteiger partial charge in [-0.1, -0.05) is 92.2 Å². The SMILES string of the molecule is CCCCn1c(-c2ccccc2)nc(-c2ccccc2)c1CN(Cc1ccc(OC)cc1)Cc1ccc(OC)cc1OC. The minimum atomic E-state index is 0.688. The second kappa shape index (κ2) is 14.6. The first kappa shape index (κ1) is 29.9. The van der Waals surface area contributed by atoms with Gasteiger partial charge in [-0.3, -0.25) is 4.90 Å². The zero-order chi connectivity index (χ0) is 30.0. The van der Waals surface area contributed by atoms with Gasteiger partial charge in [0.25, 0.3) is 0 Å². The van der Waals surface area contributed by atoms with Gasteiger partial charge >= 0.3 is 0 Å². The lowest BCUT2D eigenvalue weighted by molar-refractivity contribution is 0.237. The lowest BCUT2D eigenvalue weighted by atomic mass is 10.1. The number of hydrogen-bond acceptors (Lipinski definition) is 5. The molecular weight excluding hydrogens is 534 g/mol. The van der Waals surface area contributed by atoms with E-state index in [1.54, 1.807) is 21.3 Å². The summed E-state index contributed by atoms with van der Waals surface area (Å²) in [6, 6.07) is 35.5. The fraction of sp³-hybridized carbons (Fsp3) is 0.270. The van der Waals surface area contributed by atoms with Gasteiger partial charge in [0.15, 0.2) is 0 Å². The van der Waals surface area contributed by atoms with Crippen molar-refractivity contribution in [2.24, 2.45) is 0 Å². The second-order valence-electron chi connectivity index (χ2n) is 10.6. The normalized spacial score (nSPS) is 11.1. The van der Waals surface area contributed by atoms with Crippen LogP contribution in [-0.2, 0) is 26.2 Å². The van der Waals surface area contributed by atoms with Gasteiger partial charge in [-0.05, 0) is 30.2 Å². The molecule has 0 aliphatic rings. The molecule has 1 aromatic heterocycles. The number of rotatable bonds is 14. The quantitative estimate of drug-likeness (QED) is 0.133. The van der Waals surface area contributed by atoms with Crippen molar-refractivity contribution in [1.29, 1.82) is 0 Å². The molecule has 0 unspecified atom stereocenters. The Morgan fingerprint density at radius 1 is 0.674 bits per heavy atom. The Bertz CT molecular complexity index is 1580. The highest BCUT2D eigenvalue weighted by Gasteiger charge is 2.23. The summed E-state index contributed by atoms with van der Waals surface area (Å²) in [6.07, 6.45) is 2.17. The molecule has 0 amide bonds. The van der Waals surface area contributed by atoms with Gasteiger partial charge in [-0.15, -0.1) is 0 Å². The Morgan fingerprint density at radius 2 is 1.33 bits per heavy atom. The Labute approximate surface area is 255 Å². The molecule has 6 heteroatoms. The van der Waals surface area contributed by atoms with Crippen LogP contribution in [0, 0.1) is 0 Å². The molecule has 0 atom stereocenters. The smallest absolute Gasteiger partial charge is 0.140 e. The highest BCUT2D eigenvalue weighted by atomic mass is 16.5. The molecule has 0 saturated heterocycles. The molecule has 6 nitrogen and oxygen atoms in total. The standard InChI is InChI=1S/C37H41N3O3/c1-5-6-23-40-34(36(29-13-9-7-10-14-29)38-37(40)30-15-11-8-12-16-30)27-39(25-28-17-20-32(41-2)21-18-28)26-31-19-22-33(42-3)24-35(31)43-4/h7-22,24H,5-6,23,25-27H2,1-4H3. The molecule has 0 bridgehead atoms. The maximum absolute atomic E-state index is 5.81. The lowest BCUT2D eigenvalue weighted by Crippen LogP contribution is -2.25. The average Bonchev–Trinajstić information content (AvgIpc) is 3.42. The van der Waals surface area contributed by atoms with Crippen LogP contribution in [0.15, 0.2) is 103 Å². The first-order valence-electron chi connectivity index (χ1n) is 14.9. The van der Waals surface area contributed by atoms with E-state index >= 15 is 0 Å². The summed E-state index contributed by atoms with van der Waals surface area (Å²) in [6.45, 7) is 5.27. The molecule has 0 saturated carbocycles. The van der Waals surface area contributed by atoms with Crippen LogP contribution < -0.4 is 14.2 Å². The van der Waals surface area contributed by atoms with E-state index in [4.69, 9.17) is 19.2 Å². The average molecular weight is 576 g/mol. The largest absolute Gasteiger partial charge is 0.497 e. The molecule has 0 fully saturated rings. The topological polar surface area (TPSA) is 48.8 Å². The second-order valence-corrected chi connectivity index (χ2v) is 10.6. The van der Waals surface area contributed by atoms with E-state index in [-0.39, 0.29) is 0 Å². The lowest BCUT2D eigenvalue weighted by Gasteiger charge is -2.25. The van der Waals surface area contributed by atoms with Crippen molar-refractivity contribution in [3.05, 3.63) is 120 Å². The summed E-state index contributed by atoms with van der Waals surface area (Å²) in [5.41, 5.74) is 6.78. The van der Waals surface area contributed by atoms with Crippen molar-refractivity contribution in [2.45, 2.75) is 45.9 Å². The van der Waals surface area contributed by atoms with Crippen LogP contribution >= 0.6 is 0 Å². The van der Waals surface area contributed by atoms with Gasteiger partial charge in [0.05, 0.1) is 32.7 Å². The first-order chi connectivity index (χ1) is 21.1. The van der Waals surface area contributed by atoms with Gasteiger partial charge in [-0.25, -0.2) is 4.98 Å². The first-order valence-corrected chi connectivity index (χ1v) is 14.9. The predicted octanol–water partition coefficient (Wildman–Crippen LogP) is 8.25. The molecule has 0 aliphatic heterocycles. The molecule has 4 aromatic carbocycles. The summed E-state index contributed by atoms with van der Waals surface area (Å²) in [5.74, 6) is 3.45. The number of nitrogens with zero attached hydrogens (tertiary/aromatic N) is 3. The Hall–Kier alpha value is -4.55. The summed E-state index contributed by atoms with van der Waals surface area (Å²) >= 11 is 0. The van der Waals surface area contributed by atoms with Gasteiger partial charge in [0.1, 0.15) is 23.1 Å². The van der Waals surface area contributed by atoms with Crippen molar-refractivity contribution < 1.29 is 14.2 Å². The van der Waals surface area contributed by atoms with Gasteiger partial charge < -0.3 is 18.8 Å². The van der Waals surface area contributed by atoms with E-state index in [1.165, 1.54) is 11.3 Å². The maximum Gasteiger partial charge on any atom is 0.140 e. The molecule has 5 rings (SSSR count). The number of aromatic nitrogens is 2. The molecule has 0 radical (unpaired) electrons. The Kier molecular flexibility index (Phi) is 10.1. The fourth-order valence-electron chi connectivity index (χ4n) is 5.43. The Balaban J connectivity index is 1.61. The summed E-state index contributed by atoms with van der Waals surface area (Å²) in [7, 11) is 5.09. The van der Waals surface area contributed by atoms with E-state index in [0.29, 0.717) is 13.1 Å². The third-order valence-electron chi connectivity index (χ3n) is 7.71. The van der Waals surface area contributed by atoms with Crippen molar-refractivity contribution in [1.82, 2.24) is 14.5 Å². The van der Waals surface area contributed by atoms with Crippen molar-refractivity contribution >= 4 is 0 Å². The van der Waals surface area contributed by atoms with Crippen molar-refractivity contribution in [3.63, 3.8) is 0 Å². The number of methoxy groups -OCH3 is 3. The number of hydrogen-bond donors (Lipinski definition) is 0. The van der Waals surface area contributed by atoms with Crippen LogP contribution in [0.2, 0.25) is 0 Å². The zero-order valence-electron chi connectivity index (χ0n) is 25.6. The summed E-state index contributed by atoms with van der Waals surface area (Å²) in [5, 5.41) is 0. The molecule has 1 heterocycles. The number of imidazole rings is 1. The highest BCUT2D eigenvalue weighted by molar-refractivity contribution is 5.68. The van der Waals surface area contributed by atoms with E-state index in [1.807, 2.05) is 24.3 Å². The number of benzene rings is 4. The van der Waals surface area contributed by atoms with Gasteiger partial charge in [0, 0.05) is 48.9 Å². The molecular formula is C37H41N3O3. The monoisotopic (exact) mass is 575 g/mol. The fourth-order valence-corrected chi connectivity index (χ4v) is 5.43. The van der Waals surface area contributed by atoms with Crippen LogP contribution in [0.25, 0.3) is 22.6 Å². The molecule has 0 aliphatic carbocycles. The van der Waals surface area contributed by atoms with E-state index < -0.39 is 0 Å². The van der Waals surface area contributed by atoms with Crippen molar-refractivity contribution in [3.8, 4) is 39.9 Å². The number of unbranched alkanes of at least 4 members (excludes halogenated alkanes) is 1. The third kappa shape index (κ3) is 7.27. The minimum Gasteiger partial charge on any atom is -0.497 e. The summed E-state index contributed by atoms with van der Waals surface area (Å²) < 4.78 is 19.2. The maximum atomic E-state index is 5.81. The molecule has 43 heavy (non-hydrogen) atoms. The van der Waals surface area contributed by atoms with E-state index in [2.05, 4.69) is 95.3 Å². The van der Waals surface area contributed by atoms with Crippen LogP contribution in [0.3, 0.4) is 0 Å². The Morgan fingerprint density at radius 3 is 1.95 bits per heavy atom. The molecule has 0 N–H and O–H groups in total. The van der Waals surface area contributed by atoms with Crippen LogP contribution in [0.4, 0.5) is 0 Å². The van der Waals surface area contributed by atoms with E-state index in [0.717, 1.165) is 71.4 Å². The van der Waals surface area contributed by atoms with Crippen LogP contribution in [0.5, 0.6) is 17.2 Å². The molecule has 222 valence electrons. The third-order valence-corrected chi connectivity index (χ3v) is 7.71. The van der Waals surface area contributed by atoms with Crippen LogP contribution in [-0.4, -0.2) is 35.8 Å². The van der Waals surface area contributed by atoms with Gasteiger partial charge in [-0.2, -0.15) is 0 Å². The molecule has 5 aromatic rings. The minimum absolute atomic E-state index is 0.688. The summed E-state index contributed by atoms with van der Waals surface area (Å²) in [4.78, 5) is 7.79. The zero-order valence-corrected chi connectivity index (χ0v) is 25.6. The van der Waals surface area contributed by atoms with Crippen molar-refractivity contribution in [2.75, 3.05) is 21.3 Å². The highest BCUT2D eigenvalue weighted by Crippen LogP contribution is 2.33. The predicted molar refractivity (Wildman–Crippen MR) is 173 cm³/mol. The molecule has 0 spiro atoms. The van der Waals surface area contributed by atoms with Gasteiger partial charge in [0.2, 0.25) is 0 Å². The van der Waals surface area contributed by atoms with E-state index in [9.17, 15) is 0 Å².